The highest BCUT2D eigenvalue weighted by Gasteiger charge is 2.29. The van der Waals surface area contributed by atoms with Gasteiger partial charge in [0.25, 0.3) is 0 Å². The van der Waals surface area contributed by atoms with Gasteiger partial charge in [-0.25, -0.2) is 0 Å². The third-order valence-electron chi connectivity index (χ3n) is 3.71. The van der Waals surface area contributed by atoms with Crippen LogP contribution in [0.5, 0.6) is 0 Å². The summed E-state index contributed by atoms with van der Waals surface area (Å²) in [6.07, 6.45) is 4.12. The molecule has 1 atom stereocenters. The Morgan fingerprint density at radius 3 is 2.65 bits per heavy atom. The highest BCUT2D eigenvalue weighted by Crippen LogP contribution is 2.20. The van der Waals surface area contributed by atoms with E-state index in [-0.39, 0.29) is 18.3 Å². The van der Waals surface area contributed by atoms with E-state index in [1.807, 2.05) is 11.9 Å². The van der Waals surface area contributed by atoms with Crippen molar-refractivity contribution in [2.45, 2.75) is 31.7 Å². The Morgan fingerprint density at radius 1 is 1.29 bits per heavy atom. The lowest BCUT2D eigenvalue weighted by Crippen LogP contribution is -2.49. The lowest BCUT2D eigenvalue weighted by Gasteiger charge is -2.35. The Hall–Kier alpha value is -0.320. The summed E-state index contributed by atoms with van der Waals surface area (Å²) in [4.78, 5) is 14.3. The molecule has 2 rings (SSSR count). The molecule has 100 valence electrons. The topological polar surface area (TPSA) is 41.6 Å². The molecule has 0 saturated carbocycles. The summed E-state index contributed by atoms with van der Waals surface area (Å²) in [6, 6.07) is 0.484. The molecule has 1 unspecified atom stereocenters. The average molecular weight is 263 g/mol. The van der Waals surface area contributed by atoms with Crippen molar-refractivity contribution in [1.82, 2.24) is 10.2 Å². The van der Waals surface area contributed by atoms with Crippen LogP contribution in [0.25, 0.3) is 0 Å². The minimum Gasteiger partial charge on any atom is -0.381 e. The second kappa shape index (κ2) is 7.19. The molecule has 0 aromatic heterocycles. The van der Waals surface area contributed by atoms with Crippen molar-refractivity contribution in [3.05, 3.63) is 0 Å². The van der Waals surface area contributed by atoms with Crippen molar-refractivity contribution in [3.63, 3.8) is 0 Å². The Balaban J connectivity index is 0.00000144. The normalized spacial score (nSPS) is 26.4. The number of halogens is 1. The molecule has 1 amide bonds. The van der Waals surface area contributed by atoms with Gasteiger partial charge >= 0.3 is 0 Å². The lowest BCUT2D eigenvalue weighted by molar-refractivity contribution is -0.139. The van der Waals surface area contributed by atoms with Gasteiger partial charge in [-0.3, -0.25) is 4.79 Å². The van der Waals surface area contributed by atoms with Gasteiger partial charge in [-0.2, -0.15) is 0 Å². The van der Waals surface area contributed by atoms with Crippen molar-refractivity contribution in [1.29, 1.82) is 0 Å². The maximum absolute atomic E-state index is 12.3. The maximum atomic E-state index is 12.3. The molecule has 2 aliphatic heterocycles. The Labute approximate surface area is 109 Å². The number of piperidine rings is 1. The Morgan fingerprint density at radius 2 is 2.00 bits per heavy atom. The quantitative estimate of drug-likeness (QED) is 0.809. The maximum Gasteiger partial charge on any atom is 0.225 e. The number of hydrogen-bond acceptors (Lipinski definition) is 3. The van der Waals surface area contributed by atoms with Crippen LogP contribution in [0.1, 0.15) is 25.7 Å². The fraction of sp³-hybridized carbons (Fsp3) is 0.917. The number of rotatable bonds is 2. The van der Waals surface area contributed by atoms with Crippen molar-refractivity contribution in [3.8, 4) is 0 Å². The zero-order valence-electron chi connectivity index (χ0n) is 10.5. The zero-order valence-corrected chi connectivity index (χ0v) is 11.3. The van der Waals surface area contributed by atoms with Crippen molar-refractivity contribution in [2.75, 3.05) is 33.4 Å². The predicted molar refractivity (Wildman–Crippen MR) is 69.5 cm³/mol. The molecule has 5 heteroatoms. The van der Waals surface area contributed by atoms with Gasteiger partial charge in [0.15, 0.2) is 0 Å². The van der Waals surface area contributed by atoms with Crippen LogP contribution in [0.4, 0.5) is 0 Å². The van der Waals surface area contributed by atoms with E-state index in [2.05, 4.69) is 5.32 Å². The lowest BCUT2D eigenvalue weighted by atomic mass is 9.96. The third-order valence-corrected chi connectivity index (χ3v) is 3.71. The van der Waals surface area contributed by atoms with Gasteiger partial charge in [0, 0.05) is 38.3 Å². The monoisotopic (exact) mass is 262 g/mol. The number of likely N-dealkylation sites (tertiary alicyclic amines) is 1. The summed E-state index contributed by atoms with van der Waals surface area (Å²) >= 11 is 0. The molecule has 2 saturated heterocycles. The largest absolute Gasteiger partial charge is 0.381 e. The minimum atomic E-state index is 0. The van der Waals surface area contributed by atoms with Crippen LogP contribution in [-0.2, 0) is 9.53 Å². The van der Waals surface area contributed by atoms with E-state index in [4.69, 9.17) is 4.74 Å². The summed E-state index contributed by atoms with van der Waals surface area (Å²) in [7, 11) is 1.98. The highest BCUT2D eigenvalue weighted by atomic mass is 35.5. The van der Waals surface area contributed by atoms with Crippen LogP contribution in [0.15, 0.2) is 0 Å². The van der Waals surface area contributed by atoms with Crippen LogP contribution in [0.3, 0.4) is 0 Å². The Bertz CT molecular complexity index is 245. The first-order chi connectivity index (χ1) is 7.81. The highest BCUT2D eigenvalue weighted by molar-refractivity contribution is 5.85. The van der Waals surface area contributed by atoms with Crippen LogP contribution >= 0.6 is 12.4 Å². The molecule has 0 bridgehead atoms. The first-order valence-electron chi connectivity index (χ1n) is 6.35. The van der Waals surface area contributed by atoms with E-state index < -0.39 is 0 Å². The van der Waals surface area contributed by atoms with E-state index in [0.29, 0.717) is 11.9 Å². The first-order valence-corrected chi connectivity index (χ1v) is 6.35. The van der Waals surface area contributed by atoms with E-state index >= 15 is 0 Å². The molecule has 0 aliphatic carbocycles. The first kappa shape index (κ1) is 14.7. The van der Waals surface area contributed by atoms with E-state index in [1.165, 1.54) is 6.42 Å². The van der Waals surface area contributed by atoms with Gasteiger partial charge in [0.05, 0.1) is 0 Å². The average Bonchev–Trinajstić information content (AvgIpc) is 2.39. The number of likely N-dealkylation sites (N-methyl/N-ethyl adjacent to an activating group) is 1. The number of carbonyl (C=O) groups excluding carboxylic acids is 1. The second-order valence-corrected chi connectivity index (χ2v) is 4.80. The molecule has 2 heterocycles. The van der Waals surface area contributed by atoms with Gasteiger partial charge < -0.3 is 15.0 Å². The van der Waals surface area contributed by atoms with Gasteiger partial charge in [0.2, 0.25) is 5.91 Å². The molecule has 2 fully saturated rings. The minimum absolute atomic E-state index is 0. The number of amides is 1. The van der Waals surface area contributed by atoms with Crippen LogP contribution in [0.2, 0.25) is 0 Å². The summed E-state index contributed by atoms with van der Waals surface area (Å²) in [5.74, 6) is 0.563. The molecule has 0 spiro atoms. The molecule has 0 aromatic rings. The fourth-order valence-corrected chi connectivity index (χ4v) is 2.62. The van der Waals surface area contributed by atoms with Crippen LogP contribution < -0.4 is 5.32 Å². The van der Waals surface area contributed by atoms with Gasteiger partial charge in [-0.1, -0.05) is 0 Å². The van der Waals surface area contributed by atoms with Crippen molar-refractivity contribution < 1.29 is 9.53 Å². The summed E-state index contributed by atoms with van der Waals surface area (Å²) in [6.45, 7) is 3.32. The number of nitrogens with one attached hydrogen (secondary N) is 1. The van der Waals surface area contributed by atoms with Crippen molar-refractivity contribution >= 4 is 18.3 Å². The Kier molecular flexibility index (Phi) is 6.23. The van der Waals surface area contributed by atoms with Gasteiger partial charge in [0.1, 0.15) is 0 Å². The predicted octanol–water partition coefficient (Wildman–Crippen LogP) is 1.05. The van der Waals surface area contributed by atoms with Crippen LogP contribution in [-0.4, -0.2) is 50.2 Å². The summed E-state index contributed by atoms with van der Waals surface area (Å²) < 4.78 is 5.30. The summed E-state index contributed by atoms with van der Waals surface area (Å²) in [5.41, 5.74) is 0. The molecule has 2 aliphatic rings. The fourth-order valence-electron chi connectivity index (χ4n) is 2.62. The second-order valence-electron chi connectivity index (χ2n) is 4.80. The van der Waals surface area contributed by atoms with Crippen LogP contribution in [0, 0.1) is 5.92 Å². The summed E-state index contributed by atoms with van der Waals surface area (Å²) in [5, 5.41) is 3.27. The number of carbonyl (C=O) groups is 1. The molecular formula is C12H23ClN2O2. The standard InChI is InChI=1S/C12H22N2O2.ClH/c1-13-11-3-2-6-14(9-11)12(15)10-4-7-16-8-5-10;/h10-11,13H,2-9H2,1H3;1H. The number of ether oxygens (including phenoxy) is 1. The molecular weight excluding hydrogens is 240 g/mol. The van der Waals surface area contributed by atoms with E-state index in [0.717, 1.165) is 45.6 Å². The molecule has 1 N–H and O–H groups in total. The molecule has 0 radical (unpaired) electrons. The van der Waals surface area contributed by atoms with Gasteiger partial charge in [-0.15, -0.1) is 12.4 Å². The SMILES string of the molecule is CNC1CCCN(C(=O)C2CCOCC2)C1.Cl. The number of hydrogen-bond donors (Lipinski definition) is 1. The zero-order chi connectivity index (χ0) is 11.4. The van der Waals surface area contributed by atoms with E-state index in [9.17, 15) is 4.79 Å². The smallest absolute Gasteiger partial charge is 0.225 e. The van der Waals surface area contributed by atoms with Gasteiger partial charge in [-0.05, 0) is 32.7 Å². The number of nitrogens with zero attached hydrogens (tertiary/aromatic N) is 1. The van der Waals surface area contributed by atoms with E-state index in [1.54, 1.807) is 0 Å². The molecule has 0 aromatic carbocycles. The third kappa shape index (κ3) is 3.83. The molecule has 17 heavy (non-hydrogen) atoms. The van der Waals surface area contributed by atoms with Crippen molar-refractivity contribution in [2.24, 2.45) is 5.92 Å². The molecule has 4 nitrogen and oxygen atoms in total.